The molecule has 1 amide bonds. The molecule has 30 heavy (non-hydrogen) atoms. The zero-order valence-electron chi connectivity index (χ0n) is 17.3. The van der Waals surface area contributed by atoms with E-state index in [9.17, 15) is 13.2 Å². The number of nitrogens with one attached hydrogen (secondary N) is 2. The van der Waals surface area contributed by atoms with E-state index in [1.165, 1.54) is 7.11 Å². The van der Waals surface area contributed by atoms with Crippen LogP contribution in [0.4, 0.5) is 11.4 Å². The first kappa shape index (κ1) is 21.4. The fraction of sp³-hybridized carbons (Fsp3) is 0.238. The summed E-state index contributed by atoms with van der Waals surface area (Å²) in [4.78, 5) is 12.8. The normalized spacial score (nSPS) is 11.2. The number of sulfonamides is 1. The number of hydrogen-bond donors (Lipinski definition) is 2. The number of nitrogens with zero attached hydrogens (tertiary/aromatic N) is 2. The maximum Gasteiger partial charge on any atom is 0.268 e. The number of aromatic amines is 1. The van der Waals surface area contributed by atoms with Crippen molar-refractivity contribution in [3.8, 4) is 5.75 Å². The molecule has 9 heteroatoms. The third kappa shape index (κ3) is 4.30. The molecule has 1 aromatic heterocycles. The van der Waals surface area contributed by atoms with Gasteiger partial charge in [-0.2, -0.15) is 5.10 Å². The molecule has 0 saturated carbocycles. The van der Waals surface area contributed by atoms with Crippen LogP contribution in [-0.4, -0.2) is 38.2 Å². The van der Waals surface area contributed by atoms with Crippen molar-refractivity contribution in [2.24, 2.45) is 0 Å². The van der Waals surface area contributed by atoms with Crippen molar-refractivity contribution in [1.82, 2.24) is 10.2 Å². The zero-order chi connectivity index (χ0) is 21.9. The van der Waals surface area contributed by atoms with Gasteiger partial charge in [0, 0.05) is 5.69 Å². The van der Waals surface area contributed by atoms with E-state index in [1.54, 1.807) is 50.2 Å². The van der Waals surface area contributed by atoms with E-state index in [0.717, 1.165) is 9.87 Å². The molecule has 158 valence electrons. The van der Waals surface area contributed by atoms with Gasteiger partial charge >= 0.3 is 0 Å². The predicted octanol–water partition coefficient (Wildman–Crippen LogP) is 3.18. The Morgan fingerprint density at radius 1 is 1.10 bits per heavy atom. The second-order valence-corrected chi connectivity index (χ2v) is 8.64. The average Bonchev–Trinajstić information content (AvgIpc) is 3.07. The van der Waals surface area contributed by atoms with Crippen LogP contribution in [0.5, 0.6) is 5.75 Å². The average molecular weight is 429 g/mol. The standard InChI is InChI=1S/C21H24N4O4S/c1-14-7-5-6-8-19(14)22-20(26)13-25(17-9-11-18(29-4)12-10-17)30(27,28)21-15(2)23-24-16(21)3/h5-12H,13H2,1-4H3,(H,22,26)(H,23,24). The minimum absolute atomic E-state index is 0.0574. The largest absolute Gasteiger partial charge is 0.497 e. The molecular weight excluding hydrogens is 404 g/mol. The van der Waals surface area contributed by atoms with Crippen LogP contribution in [0.2, 0.25) is 0 Å². The molecule has 0 saturated heterocycles. The van der Waals surface area contributed by atoms with Gasteiger partial charge in [0.15, 0.2) is 0 Å². The van der Waals surface area contributed by atoms with Crippen LogP contribution < -0.4 is 14.4 Å². The van der Waals surface area contributed by atoms with Crippen molar-refractivity contribution < 1.29 is 17.9 Å². The van der Waals surface area contributed by atoms with Gasteiger partial charge in [-0.3, -0.25) is 14.2 Å². The maximum atomic E-state index is 13.5. The highest BCUT2D eigenvalue weighted by Crippen LogP contribution is 2.28. The first-order chi connectivity index (χ1) is 14.2. The molecule has 0 spiro atoms. The second-order valence-electron chi connectivity index (χ2n) is 6.84. The number of amides is 1. The molecule has 0 aliphatic carbocycles. The molecule has 3 aromatic rings. The molecule has 0 radical (unpaired) electrons. The molecule has 0 unspecified atom stereocenters. The summed E-state index contributed by atoms with van der Waals surface area (Å²) < 4.78 is 33.2. The van der Waals surface area contributed by atoms with Crippen LogP contribution in [0.25, 0.3) is 0 Å². The van der Waals surface area contributed by atoms with Crippen molar-refractivity contribution in [3.63, 3.8) is 0 Å². The highest BCUT2D eigenvalue weighted by atomic mass is 32.2. The van der Waals surface area contributed by atoms with E-state index >= 15 is 0 Å². The third-order valence-electron chi connectivity index (χ3n) is 4.68. The van der Waals surface area contributed by atoms with Crippen LogP contribution in [0.1, 0.15) is 17.0 Å². The number of carbonyl (C=O) groups is 1. The van der Waals surface area contributed by atoms with Crippen molar-refractivity contribution >= 4 is 27.3 Å². The first-order valence-corrected chi connectivity index (χ1v) is 10.7. The number of carbonyl (C=O) groups excluding carboxylic acids is 1. The molecule has 0 atom stereocenters. The smallest absolute Gasteiger partial charge is 0.268 e. The van der Waals surface area contributed by atoms with Gasteiger partial charge in [0.25, 0.3) is 10.0 Å². The van der Waals surface area contributed by atoms with Crippen molar-refractivity contribution in [3.05, 3.63) is 65.5 Å². The Kier molecular flexibility index (Phi) is 6.12. The summed E-state index contributed by atoms with van der Waals surface area (Å²) in [6.07, 6.45) is 0. The minimum atomic E-state index is -4.05. The van der Waals surface area contributed by atoms with E-state index in [-0.39, 0.29) is 4.90 Å². The lowest BCUT2D eigenvalue weighted by Crippen LogP contribution is -2.38. The van der Waals surface area contributed by atoms with E-state index in [2.05, 4.69) is 15.5 Å². The number of methoxy groups -OCH3 is 1. The summed E-state index contributed by atoms with van der Waals surface area (Å²) in [5, 5.41) is 9.47. The van der Waals surface area contributed by atoms with Gasteiger partial charge in [0.2, 0.25) is 5.91 Å². The molecule has 2 aromatic carbocycles. The van der Waals surface area contributed by atoms with Crippen LogP contribution in [0.15, 0.2) is 53.4 Å². The van der Waals surface area contributed by atoms with Gasteiger partial charge in [0.1, 0.15) is 17.2 Å². The van der Waals surface area contributed by atoms with Gasteiger partial charge in [-0.05, 0) is 56.7 Å². The highest BCUT2D eigenvalue weighted by Gasteiger charge is 2.31. The number of para-hydroxylation sites is 1. The lowest BCUT2D eigenvalue weighted by molar-refractivity contribution is -0.114. The number of aromatic nitrogens is 2. The van der Waals surface area contributed by atoms with Gasteiger partial charge < -0.3 is 10.1 Å². The summed E-state index contributed by atoms with van der Waals surface area (Å²) in [5.41, 5.74) is 2.60. The van der Waals surface area contributed by atoms with E-state index < -0.39 is 22.5 Å². The Labute approximate surface area is 175 Å². The number of benzene rings is 2. The molecule has 1 heterocycles. The third-order valence-corrected chi connectivity index (χ3v) is 6.71. The van der Waals surface area contributed by atoms with Crippen molar-refractivity contribution in [2.75, 3.05) is 23.3 Å². The molecule has 0 fully saturated rings. The number of rotatable bonds is 7. The van der Waals surface area contributed by atoms with Crippen molar-refractivity contribution in [2.45, 2.75) is 25.7 Å². The van der Waals surface area contributed by atoms with Crippen LogP contribution >= 0.6 is 0 Å². The lowest BCUT2D eigenvalue weighted by atomic mass is 10.2. The number of ether oxygens (including phenoxy) is 1. The van der Waals surface area contributed by atoms with Crippen LogP contribution in [0.3, 0.4) is 0 Å². The van der Waals surface area contributed by atoms with E-state index in [0.29, 0.717) is 28.5 Å². The Bertz CT molecular complexity index is 1130. The zero-order valence-corrected chi connectivity index (χ0v) is 18.1. The molecular formula is C21H24N4O4S. The van der Waals surface area contributed by atoms with Crippen LogP contribution in [0, 0.1) is 20.8 Å². The van der Waals surface area contributed by atoms with Crippen molar-refractivity contribution in [1.29, 1.82) is 0 Å². The number of H-pyrrole nitrogens is 1. The Morgan fingerprint density at radius 2 is 1.77 bits per heavy atom. The van der Waals surface area contributed by atoms with Gasteiger partial charge in [0.05, 0.1) is 24.2 Å². The van der Waals surface area contributed by atoms with Crippen LogP contribution in [-0.2, 0) is 14.8 Å². The molecule has 0 bridgehead atoms. The SMILES string of the molecule is COc1ccc(N(CC(=O)Nc2ccccc2C)S(=O)(=O)c2c(C)n[nH]c2C)cc1. The highest BCUT2D eigenvalue weighted by molar-refractivity contribution is 7.93. The quantitative estimate of drug-likeness (QED) is 0.601. The predicted molar refractivity (Wildman–Crippen MR) is 115 cm³/mol. The Hall–Kier alpha value is -3.33. The molecule has 3 rings (SSSR count). The molecule has 0 aliphatic heterocycles. The summed E-state index contributed by atoms with van der Waals surface area (Å²) in [5.74, 6) is 0.124. The fourth-order valence-corrected chi connectivity index (χ4v) is 4.89. The monoisotopic (exact) mass is 428 g/mol. The van der Waals surface area contributed by atoms with Gasteiger partial charge in [-0.1, -0.05) is 18.2 Å². The van der Waals surface area contributed by atoms with E-state index in [4.69, 9.17) is 4.74 Å². The number of hydrogen-bond acceptors (Lipinski definition) is 5. The maximum absolute atomic E-state index is 13.5. The lowest BCUT2D eigenvalue weighted by Gasteiger charge is -2.24. The molecule has 8 nitrogen and oxygen atoms in total. The summed E-state index contributed by atoms with van der Waals surface area (Å²) in [6.45, 7) is 4.71. The fourth-order valence-electron chi connectivity index (χ4n) is 3.13. The minimum Gasteiger partial charge on any atom is -0.497 e. The Morgan fingerprint density at radius 3 is 2.33 bits per heavy atom. The topological polar surface area (TPSA) is 104 Å². The first-order valence-electron chi connectivity index (χ1n) is 9.28. The summed E-state index contributed by atoms with van der Waals surface area (Å²) in [7, 11) is -2.53. The van der Waals surface area contributed by atoms with Gasteiger partial charge in [-0.25, -0.2) is 8.42 Å². The summed E-state index contributed by atoms with van der Waals surface area (Å²) in [6, 6.07) is 13.8. The second kappa shape index (κ2) is 8.58. The van der Waals surface area contributed by atoms with Gasteiger partial charge in [-0.15, -0.1) is 0 Å². The number of aryl methyl sites for hydroxylation is 3. The summed E-state index contributed by atoms with van der Waals surface area (Å²) >= 11 is 0. The molecule has 0 aliphatic rings. The Balaban J connectivity index is 1.99. The number of anilines is 2. The van der Waals surface area contributed by atoms with E-state index in [1.807, 2.05) is 19.1 Å². The molecule has 2 N–H and O–H groups in total.